The molecule has 3 fully saturated rings. The van der Waals surface area contributed by atoms with Crippen LogP contribution in [0, 0.1) is 16.7 Å². The van der Waals surface area contributed by atoms with Crippen molar-refractivity contribution in [2.45, 2.75) is 52.2 Å². The number of rotatable bonds is 0. The molecule has 78 valence electrons. The standard InChI is InChI=1S/C12H18O2/c1-11(2)7-4-5-12(11,3)6-8-10(14-8)9(7)13/h7-8,10H,4-6H2,1-3H3/t7-,8-,10-,12+/m0/s1. The summed E-state index contributed by atoms with van der Waals surface area (Å²) in [6.45, 7) is 6.88. The third kappa shape index (κ3) is 0.837. The van der Waals surface area contributed by atoms with E-state index in [1.54, 1.807) is 0 Å². The van der Waals surface area contributed by atoms with Gasteiger partial charge in [0.2, 0.25) is 0 Å². The van der Waals surface area contributed by atoms with Gasteiger partial charge in [-0.05, 0) is 30.1 Å². The van der Waals surface area contributed by atoms with E-state index >= 15 is 0 Å². The van der Waals surface area contributed by atoms with Gasteiger partial charge in [-0.1, -0.05) is 20.8 Å². The second-order valence-corrected chi connectivity index (χ2v) is 6.08. The van der Waals surface area contributed by atoms with Crippen LogP contribution in [0.1, 0.15) is 40.0 Å². The largest absolute Gasteiger partial charge is 0.361 e. The molecule has 2 nitrogen and oxygen atoms in total. The van der Waals surface area contributed by atoms with E-state index in [1.165, 1.54) is 6.42 Å². The summed E-state index contributed by atoms with van der Waals surface area (Å²) in [6, 6.07) is 0. The maximum absolute atomic E-state index is 12.1. The molecule has 0 spiro atoms. The first kappa shape index (κ1) is 8.90. The first-order valence-electron chi connectivity index (χ1n) is 5.65. The van der Waals surface area contributed by atoms with Crippen LogP contribution in [0.2, 0.25) is 0 Å². The lowest BCUT2D eigenvalue weighted by Crippen LogP contribution is -2.36. The van der Waals surface area contributed by atoms with Crippen molar-refractivity contribution in [3.05, 3.63) is 0 Å². The van der Waals surface area contributed by atoms with Gasteiger partial charge in [-0.15, -0.1) is 0 Å². The van der Waals surface area contributed by atoms with Crippen LogP contribution < -0.4 is 0 Å². The van der Waals surface area contributed by atoms with Crippen LogP contribution in [0.4, 0.5) is 0 Å². The molecule has 0 aromatic rings. The van der Waals surface area contributed by atoms with Gasteiger partial charge in [0, 0.05) is 5.92 Å². The molecule has 0 aromatic carbocycles. The van der Waals surface area contributed by atoms with Crippen LogP contribution in [-0.4, -0.2) is 18.0 Å². The number of epoxide rings is 1. The Labute approximate surface area is 85.0 Å². The average molecular weight is 194 g/mol. The van der Waals surface area contributed by atoms with E-state index in [9.17, 15) is 4.79 Å². The lowest BCUT2D eigenvalue weighted by atomic mass is 9.64. The fraction of sp³-hybridized carbons (Fsp3) is 0.917. The topological polar surface area (TPSA) is 29.6 Å². The summed E-state index contributed by atoms with van der Waals surface area (Å²) in [6.07, 6.45) is 3.60. The predicted molar refractivity (Wildman–Crippen MR) is 52.9 cm³/mol. The maximum Gasteiger partial charge on any atom is 0.167 e. The highest BCUT2D eigenvalue weighted by atomic mass is 16.6. The van der Waals surface area contributed by atoms with Crippen LogP contribution in [0.25, 0.3) is 0 Å². The summed E-state index contributed by atoms with van der Waals surface area (Å²) in [5.41, 5.74) is 0.504. The lowest BCUT2D eigenvalue weighted by molar-refractivity contribution is -0.128. The van der Waals surface area contributed by atoms with Gasteiger partial charge in [-0.3, -0.25) is 4.79 Å². The molecule has 3 aliphatic rings. The zero-order valence-electron chi connectivity index (χ0n) is 9.17. The molecular weight excluding hydrogens is 176 g/mol. The molecule has 1 heterocycles. The Hall–Kier alpha value is -0.370. The minimum atomic E-state index is -0.0265. The van der Waals surface area contributed by atoms with E-state index in [0.29, 0.717) is 11.2 Å². The van der Waals surface area contributed by atoms with E-state index in [4.69, 9.17) is 4.74 Å². The Balaban J connectivity index is 2.06. The highest BCUT2D eigenvalue weighted by molar-refractivity contribution is 5.89. The molecule has 0 N–H and O–H groups in total. The molecule has 0 radical (unpaired) electrons. The molecule has 4 atom stereocenters. The molecule has 2 bridgehead atoms. The SMILES string of the molecule is CC1(C)[C@H]2CC[C@]1(C)C[C@@H]1O[C@@H]1C2=O. The van der Waals surface area contributed by atoms with Crippen LogP contribution >= 0.6 is 0 Å². The quantitative estimate of drug-likeness (QED) is 0.553. The summed E-state index contributed by atoms with van der Waals surface area (Å²) < 4.78 is 5.46. The van der Waals surface area contributed by atoms with Gasteiger partial charge in [0.05, 0.1) is 6.10 Å². The van der Waals surface area contributed by atoms with E-state index in [1.807, 2.05) is 0 Å². The number of ether oxygens (including phenoxy) is 1. The molecule has 0 unspecified atom stereocenters. The zero-order valence-corrected chi connectivity index (χ0v) is 9.17. The van der Waals surface area contributed by atoms with Crippen molar-refractivity contribution < 1.29 is 9.53 Å². The van der Waals surface area contributed by atoms with Gasteiger partial charge in [0.15, 0.2) is 5.78 Å². The van der Waals surface area contributed by atoms with Crippen molar-refractivity contribution in [1.29, 1.82) is 0 Å². The second kappa shape index (κ2) is 2.24. The number of hydrogen-bond acceptors (Lipinski definition) is 2. The Morgan fingerprint density at radius 3 is 2.79 bits per heavy atom. The maximum atomic E-state index is 12.1. The Bertz CT molecular complexity index is 307. The highest BCUT2D eigenvalue weighted by Crippen LogP contribution is 2.63. The van der Waals surface area contributed by atoms with E-state index in [0.717, 1.165) is 12.8 Å². The summed E-state index contributed by atoms with van der Waals surface area (Å²) in [5.74, 6) is 0.645. The number of carbonyl (C=O) groups excluding carboxylic acids is 1. The normalized spacial score (nSPS) is 53.9. The van der Waals surface area contributed by atoms with Gasteiger partial charge in [-0.2, -0.15) is 0 Å². The van der Waals surface area contributed by atoms with Gasteiger partial charge >= 0.3 is 0 Å². The Morgan fingerprint density at radius 2 is 2.07 bits per heavy atom. The Kier molecular flexibility index (Phi) is 1.42. The van der Waals surface area contributed by atoms with Gasteiger partial charge in [-0.25, -0.2) is 0 Å². The molecule has 3 rings (SSSR count). The van der Waals surface area contributed by atoms with Crippen molar-refractivity contribution in [2.75, 3.05) is 0 Å². The molecule has 1 saturated heterocycles. The second-order valence-electron chi connectivity index (χ2n) is 6.08. The fourth-order valence-corrected chi connectivity index (χ4v) is 3.62. The number of fused-ring (bicyclic) bond motifs is 3. The van der Waals surface area contributed by atoms with E-state index < -0.39 is 0 Å². The van der Waals surface area contributed by atoms with Gasteiger partial charge in [0.1, 0.15) is 6.10 Å². The highest BCUT2D eigenvalue weighted by Gasteiger charge is 2.64. The first-order chi connectivity index (χ1) is 6.46. The first-order valence-corrected chi connectivity index (χ1v) is 5.65. The molecule has 2 aliphatic carbocycles. The summed E-state index contributed by atoms with van der Waals surface area (Å²) in [5, 5.41) is 0. The number of Topliss-reactive ketones (excluding diaryl/α,β-unsaturated/α-hetero) is 1. The minimum absolute atomic E-state index is 0.0265. The van der Waals surface area contributed by atoms with E-state index in [2.05, 4.69) is 20.8 Å². The fourth-order valence-electron chi connectivity index (χ4n) is 3.62. The van der Waals surface area contributed by atoms with Gasteiger partial charge in [0.25, 0.3) is 0 Å². The molecule has 0 aromatic heterocycles. The Morgan fingerprint density at radius 1 is 1.36 bits per heavy atom. The van der Waals surface area contributed by atoms with Crippen LogP contribution in [0.5, 0.6) is 0 Å². The molecule has 14 heavy (non-hydrogen) atoms. The smallest absolute Gasteiger partial charge is 0.167 e. The lowest BCUT2D eigenvalue weighted by Gasteiger charge is -2.40. The molecular formula is C12H18O2. The van der Waals surface area contributed by atoms with Crippen LogP contribution in [0.3, 0.4) is 0 Å². The van der Waals surface area contributed by atoms with Crippen LogP contribution in [0.15, 0.2) is 0 Å². The number of ketones is 1. The summed E-state index contributed by atoms with van der Waals surface area (Å²) in [4.78, 5) is 12.1. The zero-order chi connectivity index (χ0) is 10.1. The van der Waals surface area contributed by atoms with Crippen molar-refractivity contribution in [2.24, 2.45) is 16.7 Å². The molecule has 2 saturated carbocycles. The number of hydrogen-bond donors (Lipinski definition) is 0. The van der Waals surface area contributed by atoms with E-state index in [-0.39, 0.29) is 23.5 Å². The average Bonchev–Trinajstić information content (AvgIpc) is 2.76. The third-order valence-corrected chi connectivity index (χ3v) is 5.27. The number of carbonyl (C=O) groups is 1. The third-order valence-electron chi connectivity index (χ3n) is 5.27. The van der Waals surface area contributed by atoms with Crippen LogP contribution in [-0.2, 0) is 9.53 Å². The summed E-state index contributed by atoms with van der Waals surface area (Å²) >= 11 is 0. The van der Waals surface area contributed by atoms with Crippen molar-refractivity contribution in [3.63, 3.8) is 0 Å². The predicted octanol–water partition coefficient (Wildman–Crippen LogP) is 2.17. The van der Waals surface area contributed by atoms with Gasteiger partial charge < -0.3 is 4.74 Å². The molecule has 2 heteroatoms. The monoisotopic (exact) mass is 194 g/mol. The van der Waals surface area contributed by atoms with Crippen molar-refractivity contribution >= 4 is 5.78 Å². The summed E-state index contributed by atoms with van der Waals surface area (Å²) in [7, 11) is 0. The minimum Gasteiger partial charge on any atom is -0.361 e. The van der Waals surface area contributed by atoms with Crippen molar-refractivity contribution in [3.8, 4) is 0 Å². The molecule has 1 aliphatic heterocycles. The van der Waals surface area contributed by atoms with Crippen molar-refractivity contribution in [1.82, 2.24) is 0 Å². The molecule has 0 amide bonds.